The van der Waals surface area contributed by atoms with Crippen LogP contribution in [0.5, 0.6) is 0 Å². The monoisotopic (exact) mass is 319 g/mol. The Morgan fingerprint density at radius 1 is 1.11 bits per heavy atom. The fourth-order valence-corrected chi connectivity index (χ4v) is 2.40. The second kappa shape index (κ2) is 6.73. The molecule has 0 aromatic heterocycles. The Labute approximate surface area is 122 Å². The molecule has 0 saturated heterocycles. The van der Waals surface area contributed by atoms with Crippen LogP contribution in [0.15, 0.2) is 53.0 Å². The van der Waals surface area contributed by atoms with Crippen LogP contribution in [0.3, 0.4) is 0 Å². The van der Waals surface area contributed by atoms with Crippen molar-refractivity contribution in [3.63, 3.8) is 0 Å². The van der Waals surface area contributed by atoms with E-state index in [1.54, 1.807) is 7.11 Å². The normalized spacial score (nSPS) is 12.2. The van der Waals surface area contributed by atoms with Gasteiger partial charge < -0.3 is 10.1 Å². The summed E-state index contributed by atoms with van der Waals surface area (Å²) in [4.78, 5) is 0. The van der Waals surface area contributed by atoms with Crippen molar-refractivity contribution in [2.24, 2.45) is 0 Å². The van der Waals surface area contributed by atoms with Gasteiger partial charge in [0.25, 0.3) is 0 Å². The van der Waals surface area contributed by atoms with Gasteiger partial charge in [-0.05, 0) is 40.0 Å². The summed E-state index contributed by atoms with van der Waals surface area (Å²) in [6, 6.07) is 16.7. The topological polar surface area (TPSA) is 21.3 Å². The minimum atomic E-state index is 0.143. The Morgan fingerprint density at radius 3 is 2.53 bits per heavy atom. The standard InChI is InChI=1S/C16H18BrNO/c1-12-7-6-10-14(16(12)17)18-15(11-19-2)13-8-4-3-5-9-13/h3-10,15,18H,11H2,1-2H3. The van der Waals surface area contributed by atoms with E-state index in [0.29, 0.717) is 6.61 Å². The molecule has 3 heteroatoms. The zero-order chi connectivity index (χ0) is 13.7. The van der Waals surface area contributed by atoms with Gasteiger partial charge in [-0.2, -0.15) is 0 Å². The second-order valence-corrected chi connectivity index (χ2v) is 5.29. The van der Waals surface area contributed by atoms with Gasteiger partial charge >= 0.3 is 0 Å². The highest BCUT2D eigenvalue weighted by molar-refractivity contribution is 9.10. The highest BCUT2D eigenvalue weighted by Crippen LogP contribution is 2.29. The molecule has 0 heterocycles. The molecule has 19 heavy (non-hydrogen) atoms. The third kappa shape index (κ3) is 3.58. The molecule has 0 amide bonds. The molecule has 1 atom stereocenters. The maximum atomic E-state index is 5.32. The van der Waals surface area contributed by atoms with Gasteiger partial charge in [0.15, 0.2) is 0 Å². The van der Waals surface area contributed by atoms with Crippen molar-refractivity contribution >= 4 is 21.6 Å². The summed E-state index contributed by atoms with van der Waals surface area (Å²) in [6.45, 7) is 2.72. The molecule has 0 aliphatic carbocycles. The zero-order valence-corrected chi connectivity index (χ0v) is 12.8. The van der Waals surface area contributed by atoms with E-state index in [0.717, 1.165) is 10.2 Å². The van der Waals surface area contributed by atoms with Gasteiger partial charge in [-0.15, -0.1) is 0 Å². The second-order valence-electron chi connectivity index (χ2n) is 4.50. The number of aryl methyl sites for hydroxylation is 1. The van der Waals surface area contributed by atoms with Gasteiger partial charge in [-0.25, -0.2) is 0 Å². The average Bonchev–Trinajstić information content (AvgIpc) is 2.44. The van der Waals surface area contributed by atoms with Crippen LogP contribution in [-0.2, 0) is 4.74 Å². The molecule has 0 radical (unpaired) electrons. The lowest BCUT2D eigenvalue weighted by Crippen LogP contribution is -2.16. The van der Waals surface area contributed by atoms with E-state index >= 15 is 0 Å². The van der Waals surface area contributed by atoms with E-state index in [4.69, 9.17) is 4.74 Å². The minimum absolute atomic E-state index is 0.143. The van der Waals surface area contributed by atoms with E-state index < -0.39 is 0 Å². The first-order valence-corrected chi connectivity index (χ1v) is 7.07. The number of ether oxygens (including phenoxy) is 1. The number of hydrogen-bond acceptors (Lipinski definition) is 2. The Hall–Kier alpha value is -1.32. The van der Waals surface area contributed by atoms with Crippen LogP contribution in [0.1, 0.15) is 17.2 Å². The molecule has 0 aliphatic rings. The summed E-state index contributed by atoms with van der Waals surface area (Å²) < 4.78 is 6.43. The molecule has 2 nitrogen and oxygen atoms in total. The highest BCUT2D eigenvalue weighted by atomic mass is 79.9. The first kappa shape index (κ1) is 14.1. The Morgan fingerprint density at radius 2 is 1.84 bits per heavy atom. The number of benzene rings is 2. The average molecular weight is 320 g/mol. The maximum Gasteiger partial charge on any atom is 0.0747 e. The highest BCUT2D eigenvalue weighted by Gasteiger charge is 2.12. The van der Waals surface area contributed by atoms with Gasteiger partial charge in [0.1, 0.15) is 0 Å². The van der Waals surface area contributed by atoms with Crippen LogP contribution >= 0.6 is 15.9 Å². The van der Waals surface area contributed by atoms with Crippen LogP contribution in [-0.4, -0.2) is 13.7 Å². The first-order chi connectivity index (χ1) is 9.22. The molecule has 100 valence electrons. The van der Waals surface area contributed by atoms with Crippen LogP contribution in [0, 0.1) is 6.92 Å². The molecule has 1 unspecified atom stereocenters. The van der Waals surface area contributed by atoms with Gasteiger partial charge in [0.2, 0.25) is 0 Å². The van der Waals surface area contributed by atoms with Crippen LogP contribution in [0.25, 0.3) is 0 Å². The van der Waals surface area contributed by atoms with Crippen molar-refractivity contribution in [1.29, 1.82) is 0 Å². The van der Waals surface area contributed by atoms with Gasteiger partial charge in [0.05, 0.1) is 12.6 Å². The summed E-state index contributed by atoms with van der Waals surface area (Å²) >= 11 is 3.63. The molecule has 0 bridgehead atoms. The Bertz CT molecular complexity index is 528. The summed E-state index contributed by atoms with van der Waals surface area (Å²) in [5.74, 6) is 0. The van der Waals surface area contributed by atoms with E-state index in [1.807, 2.05) is 18.2 Å². The number of nitrogens with one attached hydrogen (secondary N) is 1. The molecule has 2 aromatic rings. The van der Waals surface area contributed by atoms with Crippen LogP contribution in [0.4, 0.5) is 5.69 Å². The summed E-state index contributed by atoms with van der Waals surface area (Å²) in [5, 5.41) is 3.53. The summed E-state index contributed by atoms with van der Waals surface area (Å²) in [6.07, 6.45) is 0. The van der Waals surface area contributed by atoms with Gasteiger partial charge in [0, 0.05) is 17.3 Å². The molecule has 2 rings (SSSR count). The van der Waals surface area contributed by atoms with Crippen molar-refractivity contribution in [3.8, 4) is 0 Å². The van der Waals surface area contributed by atoms with Crippen LogP contribution in [0.2, 0.25) is 0 Å². The summed E-state index contributed by atoms with van der Waals surface area (Å²) in [7, 11) is 1.73. The predicted molar refractivity (Wildman–Crippen MR) is 83.6 cm³/mol. The van der Waals surface area contributed by atoms with Crippen LogP contribution < -0.4 is 5.32 Å². The fraction of sp³-hybridized carbons (Fsp3) is 0.250. The predicted octanol–water partition coefficient (Wildman–Crippen LogP) is 4.56. The molecule has 0 fully saturated rings. The van der Waals surface area contributed by atoms with Crippen molar-refractivity contribution in [2.75, 3.05) is 19.0 Å². The van der Waals surface area contributed by atoms with Gasteiger partial charge in [-0.3, -0.25) is 0 Å². The lowest BCUT2D eigenvalue weighted by atomic mass is 10.1. The van der Waals surface area contributed by atoms with E-state index in [-0.39, 0.29) is 6.04 Å². The molecule has 0 aliphatic heterocycles. The quantitative estimate of drug-likeness (QED) is 0.872. The number of methoxy groups -OCH3 is 1. The van der Waals surface area contributed by atoms with E-state index in [2.05, 4.69) is 58.5 Å². The SMILES string of the molecule is COCC(Nc1cccc(C)c1Br)c1ccccc1. The minimum Gasteiger partial charge on any atom is -0.382 e. The van der Waals surface area contributed by atoms with Crippen molar-refractivity contribution in [2.45, 2.75) is 13.0 Å². The fourth-order valence-electron chi connectivity index (χ4n) is 2.02. The number of anilines is 1. The summed E-state index contributed by atoms with van der Waals surface area (Å²) in [5.41, 5.74) is 3.53. The maximum absolute atomic E-state index is 5.32. The Balaban J connectivity index is 2.24. The van der Waals surface area contributed by atoms with Crippen molar-refractivity contribution in [3.05, 3.63) is 64.1 Å². The van der Waals surface area contributed by atoms with Crippen molar-refractivity contribution < 1.29 is 4.74 Å². The molecular weight excluding hydrogens is 302 g/mol. The third-order valence-electron chi connectivity index (χ3n) is 3.06. The van der Waals surface area contributed by atoms with E-state index in [9.17, 15) is 0 Å². The smallest absolute Gasteiger partial charge is 0.0747 e. The van der Waals surface area contributed by atoms with E-state index in [1.165, 1.54) is 11.1 Å². The molecule has 2 aromatic carbocycles. The molecule has 1 N–H and O–H groups in total. The van der Waals surface area contributed by atoms with Gasteiger partial charge in [-0.1, -0.05) is 42.5 Å². The lowest BCUT2D eigenvalue weighted by Gasteiger charge is -2.21. The first-order valence-electron chi connectivity index (χ1n) is 6.28. The van der Waals surface area contributed by atoms with Crippen molar-refractivity contribution in [1.82, 2.24) is 0 Å². The molecule has 0 spiro atoms. The Kier molecular flexibility index (Phi) is 5.00. The number of halogens is 1. The molecule has 0 saturated carbocycles. The molecular formula is C16H18BrNO. The number of hydrogen-bond donors (Lipinski definition) is 1. The lowest BCUT2D eigenvalue weighted by molar-refractivity contribution is 0.186. The third-order valence-corrected chi connectivity index (χ3v) is 4.11. The largest absolute Gasteiger partial charge is 0.382 e. The number of rotatable bonds is 5. The zero-order valence-electron chi connectivity index (χ0n) is 11.2.